The minimum Gasteiger partial charge on any atom is -0.447 e. The van der Waals surface area contributed by atoms with Crippen LogP contribution in [0.15, 0.2) is 6.07 Å². The molecule has 1 aromatic heterocycles. The molecule has 1 aromatic carbocycles. The van der Waals surface area contributed by atoms with Gasteiger partial charge >= 0.3 is 12.5 Å². The maximum atomic E-state index is 14.5. The highest BCUT2D eigenvalue weighted by Gasteiger charge is 2.46. The standard InChI is InChI=1S/C15H10ClF5N2O3S/c16-9-8-6(17)3-7(26-15(19,20)21)10(18)11(8)27-12(9)23-2-1-14(4-23)5-25-13(24)22-14/h3H,1-2,4-5H2,(H,22,24). The summed E-state index contributed by atoms with van der Waals surface area (Å²) in [5.74, 6) is -3.72. The lowest BCUT2D eigenvalue weighted by Crippen LogP contribution is -2.45. The van der Waals surface area contributed by atoms with Gasteiger partial charge in [-0.15, -0.1) is 24.5 Å². The van der Waals surface area contributed by atoms with Gasteiger partial charge in [0.15, 0.2) is 11.6 Å². The molecule has 2 aliphatic heterocycles. The number of fused-ring (bicyclic) bond motifs is 1. The van der Waals surface area contributed by atoms with Crippen molar-refractivity contribution in [1.82, 2.24) is 5.32 Å². The Morgan fingerprint density at radius 1 is 1.37 bits per heavy atom. The first-order valence-corrected chi connectivity index (χ1v) is 8.84. The fourth-order valence-electron chi connectivity index (χ4n) is 3.29. The number of anilines is 1. The Bertz CT molecular complexity index is 950. The third kappa shape index (κ3) is 3.12. The van der Waals surface area contributed by atoms with E-state index in [0.29, 0.717) is 30.6 Å². The number of cyclic esters (lactones) is 1. The van der Waals surface area contributed by atoms with Crippen molar-refractivity contribution in [1.29, 1.82) is 0 Å². The number of carbonyl (C=O) groups is 1. The number of benzene rings is 1. The zero-order chi connectivity index (χ0) is 19.6. The molecule has 3 heterocycles. The lowest BCUT2D eigenvalue weighted by atomic mass is 10.0. The summed E-state index contributed by atoms with van der Waals surface area (Å²) < 4.78 is 74.1. The number of nitrogens with one attached hydrogen (secondary N) is 1. The highest BCUT2D eigenvalue weighted by Crippen LogP contribution is 2.48. The molecular formula is C15H10ClF5N2O3S. The zero-order valence-corrected chi connectivity index (χ0v) is 14.8. The minimum absolute atomic E-state index is 0.104. The van der Waals surface area contributed by atoms with Gasteiger partial charge in [0.05, 0.1) is 20.6 Å². The molecule has 2 fully saturated rings. The summed E-state index contributed by atoms with van der Waals surface area (Å²) in [4.78, 5) is 13.0. The Kier molecular flexibility index (Phi) is 4.08. The van der Waals surface area contributed by atoms with E-state index in [1.54, 1.807) is 4.90 Å². The van der Waals surface area contributed by atoms with Crippen LogP contribution in [-0.4, -0.2) is 37.7 Å². The number of carbonyl (C=O) groups excluding carboxylic acids is 1. The average molecular weight is 429 g/mol. The molecule has 0 radical (unpaired) electrons. The normalized spacial score (nSPS) is 22.6. The van der Waals surface area contributed by atoms with E-state index in [2.05, 4.69) is 10.1 Å². The maximum absolute atomic E-state index is 14.5. The van der Waals surface area contributed by atoms with Gasteiger partial charge in [0, 0.05) is 19.2 Å². The number of rotatable bonds is 2. The van der Waals surface area contributed by atoms with Crippen LogP contribution in [0.1, 0.15) is 6.42 Å². The maximum Gasteiger partial charge on any atom is 0.573 e. The molecule has 12 heteroatoms. The zero-order valence-electron chi connectivity index (χ0n) is 13.3. The van der Waals surface area contributed by atoms with Crippen molar-refractivity contribution in [3.8, 4) is 5.75 Å². The first-order chi connectivity index (χ1) is 12.6. The predicted molar refractivity (Wildman–Crippen MR) is 87.5 cm³/mol. The van der Waals surface area contributed by atoms with Gasteiger partial charge in [-0.25, -0.2) is 13.6 Å². The Hall–Kier alpha value is -2.01. The van der Waals surface area contributed by atoms with Gasteiger partial charge in [-0.05, 0) is 6.42 Å². The minimum atomic E-state index is -5.16. The topological polar surface area (TPSA) is 50.8 Å². The van der Waals surface area contributed by atoms with Crippen molar-refractivity contribution < 1.29 is 36.2 Å². The average Bonchev–Trinajstić information content (AvgIpc) is 3.22. The molecule has 2 saturated heterocycles. The van der Waals surface area contributed by atoms with Crippen LogP contribution in [0.25, 0.3) is 10.1 Å². The molecule has 0 saturated carbocycles. The van der Waals surface area contributed by atoms with E-state index < -0.39 is 35.4 Å². The molecule has 27 heavy (non-hydrogen) atoms. The highest BCUT2D eigenvalue weighted by atomic mass is 35.5. The summed E-state index contributed by atoms with van der Waals surface area (Å²) >= 11 is 6.93. The second-order valence-electron chi connectivity index (χ2n) is 6.30. The Morgan fingerprint density at radius 2 is 2.11 bits per heavy atom. The van der Waals surface area contributed by atoms with E-state index >= 15 is 0 Å². The fourth-order valence-corrected chi connectivity index (χ4v) is 4.93. The third-order valence-corrected chi connectivity index (χ3v) is 6.18. The summed E-state index contributed by atoms with van der Waals surface area (Å²) in [6.07, 6.45) is -5.19. The van der Waals surface area contributed by atoms with Crippen molar-refractivity contribution in [2.75, 3.05) is 24.6 Å². The van der Waals surface area contributed by atoms with Gasteiger partial charge < -0.3 is 19.7 Å². The number of thiophene rings is 1. The highest BCUT2D eigenvalue weighted by molar-refractivity contribution is 7.23. The third-order valence-electron chi connectivity index (χ3n) is 4.46. The van der Waals surface area contributed by atoms with Crippen molar-refractivity contribution in [2.45, 2.75) is 18.3 Å². The van der Waals surface area contributed by atoms with Crippen LogP contribution in [0, 0.1) is 11.6 Å². The van der Waals surface area contributed by atoms with Crippen molar-refractivity contribution in [3.05, 3.63) is 22.7 Å². The lowest BCUT2D eigenvalue weighted by Gasteiger charge is -2.21. The molecule has 4 rings (SSSR count). The van der Waals surface area contributed by atoms with Gasteiger partial charge in [-0.1, -0.05) is 11.6 Å². The largest absolute Gasteiger partial charge is 0.573 e. The molecule has 1 atom stereocenters. The first kappa shape index (κ1) is 18.4. The predicted octanol–water partition coefficient (Wildman–Crippen LogP) is 4.42. The van der Waals surface area contributed by atoms with E-state index in [0.717, 1.165) is 11.3 Å². The number of amides is 1. The number of ether oxygens (including phenoxy) is 2. The van der Waals surface area contributed by atoms with Crippen LogP contribution in [-0.2, 0) is 4.74 Å². The van der Waals surface area contributed by atoms with Crippen molar-refractivity contribution >= 4 is 44.1 Å². The summed E-state index contributed by atoms with van der Waals surface area (Å²) in [7, 11) is 0. The molecule has 1 N–H and O–H groups in total. The Labute approximate surface area is 157 Å². The van der Waals surface area contributed by atoms with Gasteiger partial charge in [0.2, 0.25) is 0 Å². The Morgan fingerprint density at radius 3 is 2.74 bits per heavy atom. The summed E-state index contributed by atoms with van der Waals surface area (Å²) in [5, 5.41) is 2.59. The summed E-state index contributed by atoms with van der Waals surface area (Å²) in [6.45, 7) is 0.864. The molecule has 1 unspecified atom stereocenters. The van der Waals surface area contributed by atoms with Crippen LogP contribution in [0.3, 0.4) is 0 Å². The molecule has 1 spiro atoms. The lowest BCUT2D eigenvalue weighted by molar-refractivity contribution is -0.275. The summed E-state index contributed by atoms with van der Waals surface area (Å²) in [6, 6.07) is 0.323. The number of alkyl carbamates (subject to hydrolysis) is 1. The summed E-state index contributed by atoms with van der Waals surface area (Å²) in [5.41, 5.74) is -0.627. The van der Waals surface area contributed by atoms with E-state index in [1.807, 2.05) is 0 Å². The van der Waals surface area contributed by atoms with E-state index in [4.69, 9.17) is 16.3 Å². The molecular weight excluding hydrogens is 419 g/mol. The second-order valence-corrected chi connectivity index (χ2v) is 7.67. The molecule has 1 amide bonds. The molecule has 2 aliphatic rings. The number of alkyl halides is 3. The quantitative estimate of drug-likeness (QED) is 0.719. The van der Waals surface area contributed by atoms with Crippen LogP contribution >= 0.6 is 22.9 Å². The smallest absolute Gasteiger partial charge is 0.447 e. The van der Waals surface area contributed by atoms with Gasteiger partial charge in [-0.2, -0.15) is 0 Å². The number of hydrogen-bond donors (Lipinski definition) is 1. The van der Waals surface area contributed by atoms with Crippen LogP contribution in [0.4, 0.5) is 31.7 Å². The van der Waals surface area contributed by atoms with Crippen LogP contribution < -0.4 is 15.0 Å². The SMILES string of the molecule is O=C1NC2(CCN(c3sc4c(F)c(OC(F)(F)F)cc(F)c4c3Cl)C2)CO1. The Balaban J connectivity index is 1.73. The van der Waals surface area contributed by atoms with Crippen molar-refractivity contribution in [3.63, 3.8) is 0 Å². The number of nitrogens with zero attached hydrogens (tertiary/aromatic N) is 1. The number of hydrogen-bond acceptors (Lipinski definition) is 5. The fraction of sp³-hybridized carbons (Fsp3) is 0.400. The van der Waals surface area contributed by atoms with E-state index in [9.17, 15) is 26.7 Å². The second kappa shape index (κ2) is 5.99. The molecule has 5 nitrogen and oxygen atoms in total. The van der Waals surface area contributed by atoms with Gasteiger partial charge in [0.25, 0.3) is 0 Å². The molecule has 0 aliphatic carbocycles. The van der Waals surface area contributed by atoms with Crippen LogP contribution in [0.5, 0.6) is 5.75 Å². The molecule has 146 valence electrons. The van der Waals surface area contributed by atoms with Gasteiger partial charge in [0.1, 0.15) is 17.4 Å². The van der Waals surface area contributed by atoms with E-state index in [1.165, 1.54) is 0 Å². The van der Waals surface area contributed by atoms with E-state index in [-0.39, 0.29) is 21.7 Å². The molecule has 0 bridgehead atoms. The van der Waals surface area contributed by atoms with Crippen molar-refractivity contribution in [2.24, 2.45) is 0 Å². The van der Waals surface area contributed by atoms with Gasteiger partial charge in [-0.3, -0.25) is 0 Å². The molecule has 2 aromatic rings. The van der Waals surface area contributed by atoms with Crippen LogP contribution in [0.2, 0.25) is 5.02 Å². The number of halogens is 6. The first-order valence-electron chi connectivity index (χ1n) is 7.64. The monoisotopic (exact) mass is 428 g/mol.